The van der Waals surface area contributed by atoms with E-state index in [0.29, 0.717) is 17.1 Å². The van der Waals surface area contributed by atoms with Crippen LogP contribution in [-0.4, -0.2) is 17.0 Å². The minimum Gasteiger partial charge on any atom is -0.393 e. The molecule has 0 saturated heterocycles. The van der Waals surface area contributed by atoms with E-state index in [1.54, 1.807) is 0 Å². The third-order valence-electron chi connectivity index (χ3n) is 9.69. The monoisotopic (exact) mass is 430 g/mol. The van der Waals surface area contributed by atoms with E-state index >= 15 is 0 Å². The molecule has 0 spiro atoms. The molecule has 4 aliphatic carbocycles. The van der Waals surface area contributed by atoms with E-state index in [1.165, 1.54) is 44.1 Å². The lowest BCUT2D eigenvalue weighted by Gasteiger charge is -2.57. The Labute approximate surface area is 192 Å². The Kier molecular flexibility index (Phi) is 7.51. The van der Waals surface area contributed by atoms with Gasteiger partial charge in [-0.3, -0.25) is 4.79 Å². The van der Waals surface area contributed by atoms with Gasteiger partial charge in [-0.25, -0.2) is 0 Å². The largest absolute Gasteiger partial charge is 0.393 e. The lowest BCUT2D eigenvalue weighted by atomic mass is 9.47. The van der Waals surface area contributed by atoms with E-state index in [-0.39, 0.29) is 22.9 Å². The zero-order chi connectivity index (χ0) is 23.0. The van der Waals surface area contributed by atoms with Crippen LogP contribution in [-0.2, 0) is 4.79 Å². The van der Waals surface area contributed by atoms with Gasteiger partial charge in [0.25, 0.3) is 0 Å². The molecule has 0 heterocycles. The van der Waals surface area contributed by atoms with Gasteiger partial charge in [-0.15, -0.1) is 0 Å². The maximum Gasteiger partial charge on any atom is 0.137 e. The van der Waals surface area contributed by atoms with Gasteiger partial charge in [-0.1, -0.05) is 73.0 Å². The minimum absolute atomic E-state index is 0.0192. The molecule has 178 valence electrons. The summed E-state index contributed by atoms with van der Waals surface area (Å²) >= 11 is 0. The van der Waals surface area contributed by atoms with Crippen LogP contribution in [0.3, 0.4) is 0 Å². The third-order valence-corrected chi connectivity index (χ3v) is 9.69. The molecule has 0 aromatic rings. The van der Waals surface area contributed by atoms with Crippen LogP contribution in [0.5, 0.6) is 0 Å². The van der Waals surface area contributed by atoms with E-state index < -0.39 is 0 Å². The van der Waals surface area contributed by atoms with Crippen LogP contribution in [0.25, 0.3) is 0 Å². The van der Waals surface area contributed by atoms with Crippen LogP contribution in [0.4, 0.5) is 0 Å². The average molecular weight is 431 g/mol. The topological polar surface area (TPSA) is 37.3 Å². The molecule has 31 heavy (non-hydrogen) atoms. The summed E-state index contributed by atoms with van der Waals surface area (Å²) in [5.41, 5.74) is 2.08. The predicted octanol–water partition coefficient (Wildman–Crippen LogP) is 7.74. The van der Waals surface area contributed by atoms with Crippen molar-refractivity contribution in [3.8, 4) is 0 Å². The Hall–Kier alpha value is -0.630. The fourth-order valence-electron chi connectivity index (χ4n) is 8.09. The summed E-state index contributed by atoms with van der Waals surface area (Å²) in [5.74, 6) is 2.78. The fourth-order valence-corrected chi connectivity index (χ4v) is 8.09. The highest BCUT2D eigenvalue weighted by Gasteiger charge is 2.61. The lowest BCUT2D eigenvalue weighted by Crippen LogP contribution is -2.54. The highest BCUT2D eigenvalue weighted by atomic mass is 16.3. The Balaban J connectivity index is 0.00000132. The maximum atomic E-state index is 13.6. The summed E-state index contributed by atoms with van der Waals surface area (Å²) in [7, 11) is 0. The third kappa shape index (κ3) is 4.71. The van der Waals surface area contributed by atoms with Crippen molar-refractivity contribution in [2.45, 2.75) is 125 Å². The molecule has 4 rings (SSSR count). The average Bonchev–Trinajstić information content (AvgIpc) is 3.02. The minimum atomic E-state index is -0.196. The standard InChI is InChI=1S/C27H44O2.C2H6/c1-25(2,3)14-7-6-8-18-10-12-22-21-11-9-19-16-20(28)13-15-26(19,4)24(21)23(29)17-27(18,22)5;1-2/h9,18,20-22,24,28H,6-8,10-17H2,1-5H3;1-2H3/t18-,20?,21?,22?,24?,26?,27?;/m0./s1. The number of ketones is 1. The molecular formula is C29H50O2. The first kappa shape index (κ1) is 25.0. The van der Waals surface area contributed by atoms with Crippen LogP contribution in [0, 0.1) is 39.9 Å². The molecule has 2 heteroatoms. The van der Waals surface area contributed by atoms with Gasteiger partial charge in [0.05, 0.1) is 6.10 Å². The van der Waals surface area contributed by atoms with Crippen molar-refractivity contribution in [3.05, 3.63) is 11.6 Å². The fraction of sp³-hybridized carbons (Fsp3) is 0.897. The van der Waals surface area contributed by atoms with Crippen LogP contribution >= 0.6 is 0 Å². The molecule has 7 atom stereocenters. The summed E-state index contributed by atoms with van der Waals surface area (Å²) in [5, 5.41) is 10.2. The smallest absolute Gasteiger partial charge is 0.137 e. The van der Waals surface area contributed by atoms with Crippen LogP contribution in [0.15, 0.2) is 11.6 Å². The number of carbonyl (C=O) groups is 1. The lowest BCUT2D eigenvalue weighted by molar-refractivity contribution is -0.144. The van der Waals surface area contributed by atoms with Gasteiger partial charge in [0.2, 0.25) is 0 Å². The van der Waals surface area contributed by atoms with Crippen LogP contribution < -0.4 is 0 Å². The predicted molar refractivity (Wildman–Crippen MR) is 131 cm³/mol. The first-order valence-electron chi connectivity index (χ1n) is 13.4. The van der Waals surface area contributed by atoms with Crippen molar-refractivity contribution in [2.75, 3.05) is 0 Å². The molecule has 4 aliphatic rings. The second-order valence-electron chi connectivity index (χ2n) is 12.8. The Morgan fingerprint density at radius 3 is 2.48 bits per heavy atom. The summed E-state index contributed by atoms with van der Waals surface area (Å²) < 4.78 is 0. The molecule has 0 bridgehead atoms. The van der Waals surface area contributed by atoms with Gasteiger partial charge in [-0.05, 0) is 85.4 Å². The number of rotatable bonds is 4. The first-order chi connectivity index (χ1) is 14.5. The Morgan fingerprint density at radius 2 is 1.81 bits per heavy atom. The molecular weight excluding hydrogens is 380 g/mol. The van der Waals surface area contributed by atoms with Gasteiger partial charge >= 0.3 is 0 Å². The van der Waals surface area contributed by atoms with Crippen molar-refractivity contribution in [1.29, 1.82) is 0 Å². The van der Waals surface area contributed by atoms with Crippen molar-refractivity contribution in [1.82, 2.24) is 0 Å². The summed E-state index contributed by atoms with van der Waals surface area (Å²) in [6.07, 6.45) is 14.7. The van der Waals surface area contributed by atoms with Crippen molar-refractivity contribution in [2.24, 2.45) is 39.9 Å². The Bertz CT molecular complexity index is 671. The second-order valence-corrected chi connectivity index (χ2v) is 12.8. The molecule has 3 fully saturated rings. The summed E-state index contributed by atoms with van der Waals surface area (Å²) in [6, 6.07) is 0. The van der Waals surface area contributed by atoms with Crippen LogP contribution in [0.2, 0.25) is 0 Å². The molecule has 0 aromatic carbocycles. The number of hydrogen-bond donors (Lipinski definition) is 1. The molecule has 0 radical (unpaired) electrons. The number of unbranched alkanes of at least 4 members (excludes halogenated alkanes) is 1. The molecule has 1 N–H and O–H groups in total. The number of Topliss-reactive ketones (excluding diaryl/α,β-unsaturated/α-hetero) is 1. The van der Waals surface area contributed by atoms with Crippen molar-refractivity contribution >= 4 is 5.78 Å². The van der Waals surface area contributed by atoms with Crippen molar-refractivity contribution < 1.29 is 9.90 Å². The highest BCUT2D eigenvalue weighted by molar-refractivity contribution is 5.85. The normalized spacial score (nSPS) is 42.0. The van der Waals surface area contributed by atoms with E-state index in [4.69, 9.17) is 0 Å². The Morgan fingerprint density at radius 1 is 1.10 bits per heavy atom. The zero-order valence-electron chi connectivity index (χ0n) is 21.6. The van der Waals surface area contributed by atoms with E-state index in [0.717, 1.165) is 43.9 Å². The molecule has 0 aliphatic heterocycles. The van der Waals surface area contributed by atoms with Gasteiger partial charge < -0.3 is 5.11 Å². The summed E-state index contributed by atoms with van der Waals surface area (Å²) in [6.45, 7) is 15.8. The maximum absolute atomic E-state index is 13.6. The molecule has 6 unspecified atom stereocenters. The van der Waals surface area contributed by atoms with Gasteiger partial charge in [0.1, 0.15) is 5.78 Å². The van der Waals surface area contributed by atoms with Gasteiger partial charge in [0.15, 0.2) is 0 Å². The number of hydrogen-bond acceptors (Lipinski definition) is 2. The summed E-state index contributed by atoms with van der Waals surface area (Å²) in [4.78, 5) is 13.6. The number of fused-ring (bicyclic) bond motifs is 5. The van der Waals surface area contributed by atoms with Gasteiger partial charge in [-0.2, -0.15) is 0 Å². The molecule has 0 aromatic heterocycles. The SMILES string of the molecule is CC.CC(C)(C)CCCC[C@H]1CCC2C3CC=C4CC(O)CCC4(C)C3C(=O)CC21C. The zero-order valence-corrected chi connectivity index (χ0v) is 21.6. The van der Waals surface area contributed by atoms with E-state index in [2.05, 4.69) is 40.7 Å². The first-order valence-corrected chi connectivity index (χ1v) is 13.4. The number of aliphatic hydroxyl groups excluding tert-OH is 1. The number of aliphatic hydroxyl groups is 1. The molecule has 3 saturated carbocycles. The van der Waals surface area contributed by atoms with Gasteiger partial charge in [0, 0.05) is 12.3 Å². The second kappa shape index (κ2) is 9.32. The van der Waals surface area contributed by atoms with E-state index in [9.17, 15) is 9.90 Å². The molecule has 2 nitrogen and oxygen atoms in total. The van der Waals surface area contributed by atoms with E-state index in [1.807, 2.05) is 13.8 Å². The van der Waals surface area contributed by atoms with Crippen LogP contribution in [0.1, 0.15) is 119 Å². The quantitative estimate of drug-likeness (QED) is 0.366. The number of carbonyl (C=O) groups excluding carboxylic acids is 1. The number of allylic oxidation sites excluding steroid dienone is 1. The molecule has 0 amide bonds. The highest BCUT2D eigenvalue weighted by Crippen LogP contribution is 2.65. The van der Waals surface area contributed by atoms with Crippen molar-refractivity contribution in [3.63, 3.8) is 0 Å².